The van der Waals surface area contributed by atoms with Crippen LogP contribution < -0.4 is 10.6 Å². The first-order valence-electron chi connectivity index (χ1n) is 3.54. The van der Waals surface area contributed by atoms with Gasteiger partial charge in [-0.05, 0) is 18.7 Å². The Kier molecular flexibility index (Phi) is 1.21. The molecule has 2 N–H and O–H groups in total. The molecule has 0 aromatic rings. The van der Waals surface area contributed by atoms with Crippen molar-refractivity contribution in [3.63, 3.8) is 0 Å². The molecule has 1 amide bonds. The van der Waals surface area contributed by atoms with Gasteiger partial charge in [0.25, 0.3) is 0 Å². The van der Waals surface area contributed by atoms with E-state index in [1.807, 2.05) is 13.1 Å². The number of amides is 1. The van der Waals surface area contributed by atoms with Crippen molar-refractivity contribution < 1.29 is 4.79 Å². The smallest absolute Gasteiger partial charge is 0.236 e. The first kappa shape index (κ1) is 6.39. The molecule has 0 saturated heterocycles. The number of carbonyl (C=O) groups is 1. The summed E-state index contributed by atoms with van der Waals surface area (Å²) in [6, 6.07) is 0. The summed E-state index contributed by atoms with van der Waals surface area (Å²) in [6.45, 7) is 1.93. The predicted octanol–water partition coefficient (Wildman–Crippen LogP) is -0.406. The third-order valence-corrected chi connectivity index (χ3v) is 2.01. The molecule has 0 spiro atoms. The molecule has 0 aromatic heterocycles. The van der Waals surface area contributed by atoms with Gasteiger partial charge in [-0.15, -0.1) is 0 Å². The molecule has 2 rings (SSSR count). The summed E-state index contributed by atoms with van der Waals surface area (Å²) in [5, 5.41) is 5.59. The van der Waals surface area contributed by atoms with Crippen LogP contribution in [0.5, 0.6) is 0 Å². The van der Waals surface area contributed by atoms with Gasteiger partial charge in [0, 0.05) is 0 Å². The number of fused-ring (bicyclic) bond motifs is 1. The van der Waals surface area contributed by atoms with Crippen molar-refractivity contribution in [3.05, 3.63) is 11.8 Å². The Labute approximate surface area is 64.4 Å². The van der Waals surface area contributed by atoms with Gasteiger partial charge in [-0.3, -0.25) is 4.79 Å². The van der Waals surface area contributed by atoms with E-state index in [0.717, 1.165) is 5.57 Å². The van der Waals surface area contributed by atoms with E-state index in [-0.39, 0.29) is 18.0 Å². The van der Waals surface area contributed by atoms with Crippen molar-refractivity contribution >= 4 is 12.2 Å². The lowest BCUT2D eigenvalue weighted by molar-refractivity contribution is -0.123. The first-order valence-corrected chi connectivity index (χ1v) is 3.54. The van der Waals surface area contributed by atoms with Crippen molar-refractivity contribution in [2.24, 2.45) is 10.9 Å². The second-order valence-corrected chi connectivity index (χ2v) is 2.76. The van der Waals surface area contributed by atoms with E-state index >= 15 is 0 Å². The lowest BCUT2D eigenvalue weighted by atomic mass is 10.00. The third-order valence-electron chi connectivity index (χ3n) is 2.01. The molecule has 2 heterocycles. The Morgan fingerprint density at radius 3 is 3.18 bits per heavy atom. The summed E-state index contributed by atoms with van der Waals surface area (Å²) in [4.78, 5) is 15.3. The Hall–Kier alpha value is -1.32. The van der Waals surface area contributed by atoms with Crippen molar-refractivity contribution in [1.29, 1.82) is 0 Å². The zero-order valence-corrected chi connectivity index (χ0v) is 6.16. The number of hydrogen-bond donors (Lipinski definition) is 2. The van der Waals surface area contributed by atoms with Gasteiger partial charge in [0.15, 0.2) is 0 Å². The van der Waals surface area contributed by atoms with Crippen molar-refractivity contribution in [2.75, 3.05) is 0 Å². The standard InChI is InChI=1S/C7H9N3O/c1-4-2-8-6-5(4)7(11)10-3-9-6/h2-3,5-6,8H,1H3,(H,9,10,11)/t5-,6+/m1/s1. The summed E-state index contributed by atoms with van der Waals surface area (Å²) in [5.41, 5.74) is 1.05. The van der Waals surface area contributed by atoms with E-state index in [9.17, 15) is 4.79 Å². The van der Waals surface area contributed by atoms with Crippen LogP contribution in [0.3, 0.4) is 0 Å². The minimum absolute atomic E-state index is 0.0313. The fraction of sp³-hybridized carbons (Fsp3) is 0.429. The van der Waals surface area contributed by atoms with Gasteiger partial charge in [-0.25, -0.2) is 4.99 Å². The fourth-order valence-electron chi connectivity index (χ4n) is 1.40. The van der Waals surface area contributed by atoms with E-state index in [4.69, 9.17) is 0 Å². The number of nitrogens with one attached hydrogen (secondary N) is 2. The molecular weight excluding hydrogens is 142 g/mol. The first-order chi connectivity index (χ1) is 5.29. The maximum absolute atomic E-state index is 11.2. The Balaban J connectivity index is 2.31. The van der Waals surface area contributed by atoms with Crippen LogP contribution in [-0.2, 0) is 4.79 Å². The van der Waals surface area contributed by atoms with Crippen molar-refractivity contribution in [2.45, 2.75) is 13.1 Å². The number of aliphatic imine (C=N–C) groups is 1. The maximum atomic E-state index is 11.2. The third kappa shape index (κ3) is 0.824. The molecule has 4 heteroatoms. The summed E-state index contributed by atoms with van der Waals surface area (Å²) in [6.07, 6.45) is 3.23. The second-order valence-electron chi connectivity index (χ2n) is 2.76. The minimum atomic E-state index is -0.0972. The highest BCUT2D eigenvalue weighted by molar-refractivity contribution is 5.93. The van der Waals surface area contributed by atoms with Gasteiger partial charge in [-0.1, -0.05) is 0 Å². The van der Waals surface area contributed by atoms with Crippen LogP contribution in [0, 0.1) is 5.92 Å². The van der Waals surface area contributed by atoms with Crippen LogP contribution in [0.15, 0.2) is 16.8 Å². The lowest BCUT2D eigenvalue weighted by Gasteiger charge is -2.20. The molecule has 0 radical (unpaired) electrons. The van der Waals surface area contributed by atoms with E-state index < -0.39 is 0 Å². The molecule has 2 aliphatic heterocycles. The van der Waals surface area contributed by atoms with E-state index in [0.29, 0.717) is 0 Å². The molecule has 2 atom stereocenters. The molecule has 0 saturated carbocycles. The number of hydrogen-bond acceptors (Lipinski definition) is 3. The summed E-state index contributed by atoms with van der Waals surface area (Å²) in [5.74, 6) is -0.0660. The molecule has 2 aliphatic rings. The monoisotopic (exact) mass is 151 g/mol. The number of nitrogens with zero attached hydrogens (tertiary/aromatic N) is 1. The highest BCUT2D eigenvalue weighted by atomic mass is 16.2. The average Bonchev–Trinajstić information content (AvgIpc) is 2.34. The quantitative estimate of drug-likeness (QED) is 0.494. The van der Waals surface area contributed by atoms with Gasteiger partial charge in [0.2, 0.25) is 5.91 Å². The Bertz CT molecular complexity index is 256. The molecule has 0 fully saturated rings. The van der Waals surface area contributed by atoms with E-state index in [1.165, 1.54) is 6.34 Å². The van der Waals surface area contributed by atoms with Gasteiger partial charge >= 0.3 is 0 Å². The molecule has 4 nitrogen and oxygen atoms in total. The SMILES string of the molecule is CC1=CN[C@H]2N=CNC(=O)[C@H]12. The summed E-state index contributed by atoms with van der Waals surface area (Å²) >= 11 is 0. The predicted molar refractivity (Wildman–Crippen MR) is 40.8 cm³/mol. The molecule has 0 aromatic carbocycles. The number of carbonyl (C=O) groups excluding carboxylic acids is 1. The van der Waals surface area contributed by atoms with Gasteiger partial charge in [-0.2, -0.15) is 0 Å². The zero-order valence-electron chi connectivity index (χ0n) is 6.16. The molecule has 11 heavy (non-hydrogen) atoms. The van der Waals surface area contributed by atoms with E-state index in [1.54, 1.807) is 0 Å². The Morgan fingerprint density at radius 2 is 2.45 bits per heavy atom. The van der Waals surface area contributed by atoms with Gasteiger partial charge < -0.3 is 10.6 Å². The summed E-state index contributed by atoms with van der Waals surface area (Å²) < 4.78 is 0. The van der Waals surface area contributed by atoms with Crippen LogP contribution in [0.4, 0.5) is 0 Å². The van der Waals surface area contributed by atoms with Crippen molar-refractivity contribution in [3.8, 4) is 0 Å². The zero-order chi connectivity index (χ0) is 7.84. The van der Waals surface area contributed by atoms with Crippen LogP contribution >= 0.6 is 0 Å². The molecule has 0 aliphatic carbocycles. The Morgan fingerprint density at radius 1 is 1.64 bits per heavy atom. The van der Waals surface area contributed by atoms with Crippen LogP contribution in [0.2, 0.25) is 0 Å². The summed E-state index contributed by atoms with van der Waals surface area (Å²) in [7, 11) is 0. The highest BCUT2D eigenvalue weighted by Crippen LogP contribution is 2.22. The van der Waals surface area contributed by atoms with Crippen molar-refractivity contribution in [1.82, 2.24) is 10.6 Å². The topological polar surface area (TPSA) is 53.5 Å². The van der Waals surface area contributed by atoms with Gasteiger partial charge in [0.05, 0.1) is 6.34 Å². The second kappa shape index (κ2) is 2.08. The lowest BCUT2D eigenvalue weighted by Crippen LogP contribution is -2.42. The van der Waals surface area contributed by atoms with Crippen LogP contribution in [-0.4, -0.2) is 18.4 Å². The molecule has 0 unspecified atom stereocenters. The van der Waals surface area contributed by atoms with Crippen LogP contribution in [0.1, 0.15) is 6.92 Å². The largest absolute Gasteiger partial charge is 0.369 e. The number of rotatable bonds is 0. The molecule has 58 valence electrons. The maximum Gasteiger partial charge on any atom is 0.236 e. The highest BCUT2D eigenvalue weighted by Gasteiger charge is 2.34. The molecular formula is C7H9N3O. The minimum Gasteiger partial charge on any atom is -0.369 e. The van der Waals surface area contributed by atoms with Gasteiger partial charge in [0.1, 0.15) is 12.1 Å². The van der Waals surface area contributed by atoms with E-state index in [2.05, 4.69) is 15.6 Å². The van der Waals surface area contributed by atoms with Crippen LogP contribution in [0.25, 0.3) is 0 Å². The normalized spacial score (nSPS) is 33.9. The average molecular weight is 151 g/mol. The molecule has 0 bridgehead atoms. The fourth-order valence-corrected chi connectivity index (χ4v) is 1.40.